The zero-order valence-corrected chi connectivity index (χ0v) is 6.90. The van der Waals surface area contributed by atoms with Crippen molar-refractivity contribution in [2.24, 2.45) is 5.92 Å². The molecule has 0 amide bonds. The van der Waals surface area contributed by atoms with Gasteiger partial charge in [0, 0.05) is 18.3 Å². The molecule has 2 unspecified atom stereocenters. The van der Waals surface area contributed by atoms with Gasteiger partial charge < -0.3 is 0 Å². The summed E-state index contributed by atoms with van der Waals surface area (Å²) < 4.78 is 0. The highest BCUT2D eigenvalue weighted by Crippen LogP contribution is 2.40. The van der Waals surface area contributed by atoms with Gasteiger partial charge in [-0.25, -0.2) is 0 Å². The van der Waals surface area contributed by atoms with E-state index in [0.717, 1.165) is 5.92 Å². The molecule has 1 heteroatoms. The van der Waals surface area contributed by atoms with Crippen molar-refractivity contribution >= 4 is 0 Å². The molecule has 0 saturated carbocycles. The lowest BCUT2D eigenvalue weighted by atomic mass is 9.83. The average Bonchev–Trinajstić information content (AvgIpc) is 2.49. The molecule has 3 rings (SSSR count). The largest absolute Gasteiger partial charge is 0.264 e. The van der Waals surface area contributed by atoms with Crippen LogP contribution >= 0.6 is 0 Å². The molecular formula is C11H11N. The first-order chi connectivity index (χ1) is 5.93. The van der Waals surface area contributed by atoms with Crippen LogP contribution in [0, 0.1) is 5.92 Å². The number of pyridine rings is 1. The summed E-state index contributed by atoms with van der Waals surface area (Å²) in [6.45, 7) is 0. The molecule has 1 aromatic heterocycles. The second-order valence-electron chi connectivity index (χ2n) is 3.77. The van der Waals surface area contributed by atoms with Crippen molar-refractivity contribution in [3.05, 3.63) is 41.7 Å². The Morgan fingerprint density at radius 1 is 1.33 bits per heavy atom. The van der Waals surface area contributed by atoms with Gasteiger partial charge in [0.2, 0.25) is 0 Å². The third-order valence-corrected chi connectivity index (χ3v) is 3.00. The van der Waals surface area contributed by atoms with E-state index in [-0.39, 0.29) is 0 Å². The topological polar surface area (TPSA) is 12.9 Å². The first-order valence-electron chi connectivity index (χ1n) is 4.54. The van der Waals surface area contributed by atoms with E-state index in [1.54, 1.807) is 0 Å². The molecule has 0 fully saturated rings. The standard InChI is InChI=1S/C11H11N/c1-2-9-5-8(1)6-10-3-4-12-7-11(9)10/h1-4,7-9H,5-6H2. The van der Waals surface area contributed by atoms with E-state index in [9.17, 15) is 0 Å². The van der Waals surface area contributed by atoms with Crippen LogP contribution in [0.1, 0.15) is 23.5 Å². The van der Waals surface area contributed by atoms with Gasteiger partial charge in [-0.3, -0.25) is 4.98 Å². The van der Waals surface area contributed by atoms with E-state index < -0.39 is 0 Å². The highest BCUT2D eigenvalue weighted by molar-refractivity contribution is 5.37. The average molecular weight is 157 g/mol. The van der Waals surface area contributed by atoms with Gasteiger partial charge in [0.15, 0.2) is 0 Å². The highest BCUT2D eigenvalue weighted by Gasteiger charge is 2.27. The summed E-state index contributed by atoms with van der Waals surface area (Å²) in [6, 6.07) is 2.17. The Morgan fingerprint density at radius 2 is 2.33 bits per heavy atom. The highest BCUT2D eigenvalue weighted by atomic mass is 14.6. The van der Waals surface area contributed by atoms with E-state index in [2.05, 4.69) is 23.2 Å². The van der Waals surface area contributed by atoms with Gasteiger partial charge in [0.25, 0.3) is 0 Å². The fourth-order valence-electron chi connectivity index (χ4n) is 2.39. The summed E-state index contributed by atoms with van der Waals surface area (Å²) in [6.07, 6.45) is 11.2. The maximum absolute atomic E-state index is 4.18. The molecule has 0 radical (unpaired) electrons. The van der Waals surface area contributed by atoms with Crippen LogP contribution in [0.4, 0.5) is 0 Å². The Morgan fingerprint density at radius 3 is 3.33 bits per heavy atom. The summed E-state index contributed by atoms with van der Waals surface area (Å²) in [5.74, 6) is 1.48. The van der Waals surface area contributed by atoms with Crippen molar-refractivity contribution in [2.45, 2.75) is 18.8 Å². The molecule has 2 bridgehead atoms. The molecule has 0 aliphatic heterocycles. The lowest BCUT2D eigenvalue weighted by molar-refractivity contribution is 0.553. The third-order valence-electron chi connectivity index (χ3n) is 3.00. The first-order valence-corrected chi connectivity index (χ1v) is 4.54. The molecular weight excluding hydrogens is 146 g/mol. The van der Waals surface area contributed by atoms with Crippen LogP contribution in [-0.2, 0) is 6.42 Å². The van der Waals surface area contributed by atoms with Crippen LogP contribution in [-0.4, -0.2) is 4.98 Å². The Bertz CT molecular complexity index is 341. The number of hydrogen-bond acceptors (Lipinski definition) is 1. The first kappa shape index (κ1) is 6.41. The summed E-state index contributed by atoms with van der Waals surface area (Å²) in [5.41, 5.74) is 2.97. The van der Waals surface area contributed by atoms with Crippen molar-refractivity contribution in [1.29, 1.82) is 0 Å². The summed E-state index contributed by atoms with van der Waals surface area (Å²) in [7, 11) is 0. The normalized spacial score (nSPS) is 30.3. The number of allylic oxidation sites excluding steroid dienone is 2. The predicted molar refractivity (Wildman–Crippen MR) is 47.9 cm³/mol. The van der Waals surface area contributed by atoms with Gasteiger partial charge in [-0.1, -0.05) is 12.2 Å². The lowest BCUT2D eigenvalue weighted by Gasteiger charge is -2.21. The van der Waals surface area contributed by atoms with Gasteiger partial charge >= 0.3 is 0 Å². The minimum atomic E-state index is 0.674. The lowest BCUT2D eigenvalue weighted by Crippen LogP contribution is -2.11. The van der Waals surface area contributed by atoms with Crippen molar-refractivity contribution in [3.63, 3.8) is 0 Å². The molecule has 12 heavy (non-hydrogen) atoms. The third kappa shape index (κ3) is 0.765. The number of fused-ring (bicyclic) bond motifs is 4. The Balaban J connectivity index is 2.17. The Kier molecular flexibility index (Phi) is 1.17. The number of nitrogens with zero attached hydrogens (tertiary/aromatic N) is 1. The van der Waals surface area contributed by atoms with Crippen LogP contribution in [0.3, 0.4) is 0 Å². The van der Waals surface area contributed by atoms with Crippen LogP contribution in [0.25, 0.3) is 0 Å². The molecule has 0 aromatic carbocycles. The monoisotopic (exact) mass is 157 g/mol. The Labute approximate surface area is 72.1 Å². The van der Waals surface area contributed by atoms with Crippen molar-refractivity contribution in [3.8, 4) is 0 Å². The minimum Gasteiger partial charge on any atom is -0.264 e. The fraction of sp³-hybridized carbons (Fsp3) is 0.364. The molecule has 2 aliphatic rings. The number of aromatic nitrogens is 1. The van der Waals surface area contributed by atoms with Gasteiger partial charge in [-0.05, 0) is 36.0 Å². The smallest absolute Gasteiger partial charge is 0.0308 e. The molecule has 0 N–H and O–H groups in total. The quantitative estimate of drug-likeness (QED) is 0.526. The molecule has 0 saturated heterocycles. The van der Waals surface area contributed by atoms with E-state index in [1.165, 1.54) is 24.0 Å². The molecule has 0 spiro atoms. The molecule has 1 nitrogen and oxygen atoms in total. The number of rotatable bonds is 0. The van der Waals surface area contributed by atoms with Gasteiger partial charge in [-0.15, -0.1) is 0 Å². The molecule has 2 aliphatic carbocycles. The van der Waals surface area contributed by atoms with Crippen molar-refractivity contribution in [1.82, 2.24) is 4.98 Å². The van der Waals surface area contributed by atoms with Gasteiger partial charge in [0.05, 0.1) is 0 Å². The van der Waals surface area contributed by atoms with Crippen molar-refractivity contribution < 1.29 is 0 Å². The maximum atomic E-state index is 4.18. The van der Waals surface area contributed by atoms with Gasteiger partial charge in [0.1, 0.15) is 0 Å². The van der Waals surface area contributed by atoms with E-state index in [0.29, 0.717) is 5.92 Å². The van der Waals surface area contributed by atoms with Crippen LogP contribution in [0.15, 0.2) is 30.6 Å². The van der Waals surface area contributed by atoms with Crippen LogP contribution in [0.2, 0.25) is 0 Å². The summed E-state index contributed by atoms with van der Waals surface area (Å²) in [5, 5.41) is 0. The van der Waals surface area contributed by atoms with Crippen LogP contribution in [0.5, 0.6) is 0 Å². The van der Waals surface area contributed by atoms with Gasteiger partial charge in [-0.2, -0.15) is 0 Å². The van der Waals surface area contributed by atoms with E-state index in [4.69, 9.17) is 0 Å². The van der Waals surface area contributed by atoms with E-state index in [1.807, 2.05) is 12.4 Å². The van der Waals surface area contributed by atoms with Crippen LogP contribution < -0.4 is 0 Å². The zero-order chi connectivity index (χ0) is 7.97. The molecule has 2 atom stereocenters. The SMILES string of the molecule is C1=CC2CC1Cc1ccncc12. The van der Waals surface area contributed by atoms with Crippen molar-refractivity contribution in [2.75, 3.05) is 0 Å². The number of hydrogen-bond donors (Lipinski definition) is 0. The predicted octanol–water partition coefficient (Wildman–Crippen LogP) is 2.30. The molecule has 1 heterocycles. The summed E-state index contributed by atoms with van der Waals surface area (Å²) >= 11 is 0. The zero-order valence-electron chi connectivity index (χ0n) is 6.90. The fourth-order valence-corrected chi connectivity index (χ4v) is 2.39. The maximum Gasteiger partial charge on any atom is 0.0308 e. The minimum absolute atomic E-state index is 0.674. The molecule has 1 aromatic rings. The second kappa shape index (κ2) is 2.19. The van der Waals surface area contributed by atoms with E-state index >= 15 is 0 Å². The Hall–Kier alpha value is -1.11. The molecule has 60 valence electrons. The second-order valence-corrected chi connectivity index (χ2v) is 3.77. The summed E-state index contributed by atoms with van der Waals surface area (Å²) in [4.78, 5) is 4.18.